The van der Waals surface area contributed by atoms with Crippen molar-refractivity contribution in [3.8, 4) is 0 Å². The van der Waals surface area contributed by atoms with Crippen LogP contribution in [0.4, 0.5) is 5.82 Å². The molecule has 0 spiro atoms. The van der Waals surface area contributed by atoms with Crippen LogP contribution in [-0.4, -0.2) is 59.0 Å². The fourth-order valence-corrected chi connectivity index (χ4v) is 3.90. The molecule has 1 aliphatic rings. The molecule has 4 rings (SSSR count). The molecule has 0 aliphatic carbocycles. The average Bonchev–Trinajstić information content (AvgIpc) is 3.37. The lowest BCUT2D eigenvalue weighted by Gasteiger charge is -2.22. The Balaban J connectivity index is 1.47. The molecule has 1 amide bonds. The van der Waals surface area contributed by atoms with Crippen LogP contribution in [0.1, 0.15) is 33.9 Å². The van der Waals surface area contributed by atoms with Gasteiger partial charge in [0.05, 0.1) is 0 Å². The first-order valence-corrected chi connectivity index (χ1v) is 10.0. The zero-order valence-electron chi connectivity index (χ0n) is 17.5. The van der Waals surface area contributed by atoms with E-state index >= 15 is 0 Å². The van der Waals surface area contributed by atoms with Crippen LogP contribution in [0, 0.1) is 13.8 Å². The van der Waals surface area contributed by atoms with Crippen molar-refractivity contribution in [1.29, 1.82) is 0 Å². The molecule has 0 saturated carbocycles. The summed E-state index contributed by atoms with van der Waals surface area (Å²) in [5.74, 6) is 0.978. The quantitative estimate of drug-likeness (QED) is 0.698. The van der Waals surface area contributed by atoms with Crippen LogP contribution in [0.2, 0.25) is 0 Å². The number of aromatic nitrogens is 3. The summed E-state index contributed by atoms with van der Waals surface area (Å²) >= 11 is 0. The number of nitrogens with one attached hydrogen (secondary N) is 2. The number of hydrogen-bond acceptors (Lipinski definition) is 5. The molecule has 0 unspecified atom stereocenters. The van der Waals surface area contributed by atoms with Crippen LogP contribution in [0.15, 0.2) is 30.5 Å². The molecule has 0 radical (unpaired) electrons. The molecule has 0 bridgehead atoms. The molecule has 7 heteroatoms. The van der Waals surface area contributed by atoms with Crippen molar-refractivity contribution in [2.24, 2.45) is 0 Å². The summed E-state index contributed by atoms with van der Waals surface area (Å²) in [7, 11) is 3.45. The first-order valence-electron chi connectivity index (χ1n) is 10.0. The number of aryl methyl sites for hydroxylation is 1. The highest BCUT2D eigenvalue weighted by Crippen LogP contribution is 2.25. The van der Waals surface area contributed by atoms with Crippen molar-refractivity contribution in [2.45, 2.75) is 32.9 Å². The summed E-state index contributed by atoms with van der Waals surface area (Å²) in [4.78, 5) is 28.4. The van der Waals surface area contributed by atoms with Gasteiger partial charge in [0, 0.05) is 68.1 Å². The van der Waals surface area contributed by atoms with E-state index in [1.807, 2.05) is 20.0 Å². The summed E-state index contributed by atoms with van der Waals surface area (Å²) in [6.07, 6.45) is 3.03. The molecule has 3 heterocycles. The second-order valence-corrected chi connectivity index (χ2v) is 7.95. The maximum atomic E-state index is 12.4. The number of carbonyl (C=O) groups excluding carboxylic acids is 1. The molecule has 1 aromatic carbocycles. The van der Waals surface area contributed by atoms with Gasteiger partial charge >= 0.3 is 0 Å². The molecule has 1 saturated heterocycles. The van der Waals surface area contributed by atoms with E-state index in [0.29, 0.717) is 6.04 Å². The summed E-state index contributed by atoms with van der Waals surface area (Å²) in [5.41, 5.74) is 4.37. The highest BCUT2D eigenvalue weighted by atomic mass is 16.2. The first-order chi connectivity index (χ1) is 13.9. The summed E-state index contributed by atoms with van der Waals surface area (Å²) in [5, 5.41) is 4.96. The topological polar surface area (TPSA) is 77.2 Å². The minimum Gasteiger partial charge on any atom is -0.361 e. The zero-order valence-corrected chi connectivity index (χ0v) is 17.5. The summed E-state index contributed by atoms with van der Waals surface area (Å²) in [6.45, 7) is 6.59. The van der Waals surface area contributed by atoms with Gasteiger partial charge in [0.1, 0.15) is 5.82 Å². The normalized spacial score (nSPS) is 16.6. The third kappa shape index (κ3) is 3.82. The van der Waals surface area contributed by atoms with Crippen LogP contribution in [0.3, 0.4) is 0 Å². The van der Waals surface area contributed by atoms with Crippen molar-refractivity contribution in [2.75, 3.05) is 32.1 Å². The fraction of sp³-hybridized carbons (Fsp3) is 0.409. The molecule has 7 nitrogen and oxygen atoms in total. The van der Waals surface area contributed by atoms with Gasteiger partial charge in [0.25, 0.3) is 5.91 Å². The SMILES string of the molecule is Cc1nc(C(=O)N(C)C)nc(N2CC[C@@H](NCc3cccc4[nH]ccc34)C2)c1C. The van der Waals surface area contributed by atoms with E-state index in [4.69, 9.17) is 0 Å². The predicted molar refractivity (Wildman–Crippen MR) is 115 cm³/mol. The number of amides is 1. The maximum Gasteiger partial charge on any atom is 0.291 e. The third-order valence-electron chi connectivity index (χ3n) is 5.72. The standard InChI is InChI=1S/C22H28N6O/c1-14-15(2)25-20(22(29)27(3)4)26-21(14)28-11-9-17(13-28)24-12-16-6-5-7-19-18(16)8-10-23-19/h5-8,10,17,23-24H,9,11-13H2,1-4H3/t17-/m1/s1. The Morgan fingerprint density at radius 2 is 2.10 bits per heavy atom. The number of rotatable bonds is 5. The highest BCUT2D eigenvalue weighted by Gasteiger charge is 2.26. The molecular weight excluding hydrogens is 364 g/mol. The molecule has 3 aromatic rings. The number of anilines is 1. The minimum atomic E-state index is -0.164. The van der Waals surface area contributed by atoms with Gasteiger partial charge in [-0.3, -0.25) is 4.79 Å². The second kappa shape index (κ2) is 7.83. The van der Waals surface area contributed by atoms with E-state index < -0.39 is 0 Å². The fourth-order valence-electron chi connectivity index (χ4n) is 3.90. The maximum absolute atomic E-state index is 12.4. The van der Waals surface area contributed by atoms with Gasteiger partial charge in [-0.1, -0.05) is 12.1 Å². The van der Waals surface area contributed by atoms with E-state index in [0.717, 1.165) is 43.1 Å². The second-order valence-electron chi connectivity index (χ2n) is 7.95. The number of fused-ring (bicyclic) bond motifs is 1. The van der Waals surface area contributed by atoms with Crippen molar-refractivity contribution in [1.82, 2.24) is 25.2 Å². The van der Waals surface area contributed by atoms with Gasteiger partial charge < -0.3 is 20.1 Å². The smallest absolute Gasteiger partial charge is 0.291 e. The van der Waals surface area contributed by atoms with Crippen LogP contribution in [0.5, 0.6) is 0 Å². The summed E-state index contributed by atoms with van der Waals surface area (Å²) < 4.78 is 0. The molecule has 1 atom stereocenters. The molecular formula is C22H28N6O. The Morgan fingerprint density at radius 1 is 1.28 bits per heavy atom. The van der Waals surface area contributed by atoms with Crippen LogP contribution in [-0.2, 0) is 6.54 Å². The number of hydrogen-bond donors (Lipinski definition) is 2. The summed E-state index contributed by atoms with van der Waals surface area (Å²) in [6, 6.07) is 8.87. The van der Waals surface area contributed by atoms with E-state index in [1.54, 1.807) is 14.1 Å². The van der Waals surface area contributed by atoms with Gasteiger partial charge in [-0.25, -0.2) is 9.97 Å². The minimum absolute atomic E-state index is 0.164. The largest absolute Gasteiger partial charge is 0.361 e. The zero-order chi connectivity index (χ0) is 20.5. The molecule has 152 valence electrons. The molecule has 2 aromatic heterocycles. The highest BCUT2D eigenvalue weighted by molar-refractivity contribution is 5.90. The van der Waals surface area contributed by atoms with Gasteiger partial charge in [-0.05, 0) is 38.0 Å². The number of aromatic amines is 1. The van der Waals surface area contributed by atoms with Crippen LogP contribution in [0.25, 0.3) is 10.9 Å². The lowest BCUT2D eigenvalue weighted by molar-refractivity contribution is 0.0815. The lowest BCUT2D eigenvalue weighted by Crippen LogP contribution is -2.33. The van der Waals surface area contributed by atoms with Crippen LogP contribution >= 0.6 is 0 Å². The van der Waals surface area contributed by atoms with Gasteiger partial charge in [-0.2, -0.15) is 0 Å². The van der Waals surface area contributed by atoms with E-state index in [2.05, 4.69) is 49.4 Å². The molecule has 29 heavy (non-hydrogen) atoms. The Morgan fingerprint density at radius 3 is 2.90 bits per heavy atom. The number of benzene rings is 1. The van der Waals surface area contributed by atoms with Gasteiger partial charge in [-0.15, -0.1) is 0 Å². The Hall–Kier alpha value is -2.93. The Bertz CT molecular complexity index is 1040. The molecule has 2 N–H and O–H groups in total. The van der Waals surface area contributed by atoms with E-state index in [1.165, 1.54) is 21.4 Å². The van der Waals surface area contributed by atoms with Crippen molar-refractivity contribution in [3.63, 3.8) is 0 Å². The number of carbonyl (C=O) groups is 1. The lowest BCUT2D eigenvalue weighted by atomic mass is 10.1. The van der Waals surface area contributed by atoms with Crippen LogP contribution < -0.4 is 10.2 Å². The van der Waals surface area contributed by atoms with Crippen molar-refractivity contribution in [3.05, 3.63) is 53.1 Å². The van der Waals surface area contributed by atoms with Gasteiger partial charge in [0.2, 0.25) is 5.82 Å². The van der Waals surface area contributed by atoms with E-state index in [-0.39, 0.29) is 11.7 Å². The average molecular weight is 393 g/mol. The Kier molecular flexibility index (Phi) is 5.24. The van der Waals surface area contributed by atoms with Gasteiger partial charge in [0.15, 0.2) is 0 Å². The number of H-pyrrole nitrogens is 1. The number of nitrogens with zero attached hydrogens (tertiary/aromatic N) is 4. The monoisotopic (exact) mass is 392 g/mol. The third-order valence-corrected chi connectivity index (χ3v) is 5.72. The molecule has 1 fully saturated rings. The predicted octanol–water partition coefficient (Wildman–Crippen LogP) is 2.65. The molecule has 1 aliphatic heterocycles. The van der Waals surface area contributed by atoms with Crippen molar-refractivity contribution < 1.29 is 4.79 Å². The van der Waals surface area contributed by atoms with E-state index in [9.17, 15) is 4.79 Å². The first kappa shape index (κ1) is 19.4. The van der Waals surface area contributed by atoms with Crippen molar-refractivity contribution >= 4 is 22.6 Å². The Labute approximate surface area is 171 Å².